The Morgan fingerprint density at radius 3 is 2.54 bits per heavy atom. The molecule has 0 unspecified atom stereocenters. The molecule has 1 aliphatic heterocycles. The second-order valence-corrected chi connectivity index (χ2v) is 4.52. The Hall–Kier alpha value is -0.570. The second kappa shape index (κ2) is 3.66. The molecular formula is C10H19NO2. The molecule has 0 aromatic heterocycles. The lowest BCUT2D eigenvalue weighted by Crippen LogP contribution is -2.49. The van der Waals surface area contributed by atoms with Crippen LogP contribution in [0.5, 0.6) is 0 Å². The number of likely N-dealkylation sites (tertiary alicyclic amines) is 1. The quantitative estimate of drug-likeness (QED) is 0.710. The van der Waals surface area contributed by atoms with Crippen molar-refractivity contribution in [2.24, 2.45) is 5.41 Å². The van der Waals surface area contributed by atoms with Crippen LogP contribution < -0.4 is 0 Å². The van der Waals surface area contributed by atoms with Gasteiger partial charge in [-0.05, 0) is 40.3 Å². The van der Waals surface area contributed by atoms with Gasteiger partial charge < -0.3 is 10.0 Å². The van der Waals surface area contributed by atoms with E-state index in [1.54, 1.807) is 0 Å². The summed E-state index contributed by atoms with van der Waals surface area (Å²) in [5.41, 5.74) is -0.616. The molecule has 1 fully saturated rings. The molecule has 76 valence electrons. The second-order valence-electron chi connectivity index (χ2n) is 4.52. The van der Waals surface area contributed by atoms with E-state index >= 15 is 0 Å². The third-order valence-corrected chi connectivity index (χ3v) is 3.15. The van der Waals surface area contributed by atoms with E-state index in [0.717, 1.165) is 19.4 Å². The van der Waals surface area contributed by atoms with Crippen molar-refractivity contribution in [3.05, 3.63) is 0 Å². The van der Waals surface area contributed by atoms with Gasteiger partial charge >= 0.3 is 5.97 Å². The normalized spacial score (nSPS) is 25.9. The molecule has 1 aliphatic rings. The highest BCUT2D eigenvalue weighted by molar-refractivity contribution is 5.74. The number of carbonyl (C=O) groups is 1. The van der Waals surface area contributed by atoms with Crippen molar-refractivity contribution >= 4 is 5.97 Å². The highest BCUT2D eigenvalue weighted by Crippen LogP contribution is 2.31. The minimum atomic E-state index is -0.689. The van der Waals surface area contributed by atoms with Crippen molar-refractivity contribution in [1.82, 2.24) is 4.90 Å². The third-order valence-electron chi connectivity index (χ3n) is 3.15. The zero-order valence-electron chi connectivity index (χ0n) is 8.71. The number of nitrogens with zero attached hydrogens (tertiary/aromatic N) is 1. The summed E-state index contributed by atoms with van der Waals surface area (Å²) in [7, 11) is 2.02. The summed E-state index contributed by atoms with van der Waals surface area (Å²) >= 11 is 0. The molecular weight excluding hydrogens is 166 g/mol. The number of rotatable bonds is 2. The van der Waals surface area contributed by atoms with Gasteiger partial charge in [0, 0.05) is 6.04 Å². The molecule has 0 bridgehead atoms. The monoisotopic (exact) mass is 185 g/mol. The smallest absolute Gasteiger partial charge is 0.310 e. The van der Waals surface area contributed by atoms with Crippen LogP contribution in [0, 0.1) is 5.41 Å². The summed E-state index contributed by atoms with van der Waals surface area (Å²) in [5.74, 6) is -0.689. The van der Waals surface area contributed by atoms with Crippen molar-refractivity contribution in [2.75, 3.05) is 13.6 Å². The third kappa shape index (κ3) is 2.02. The van der Waals surface area contributed by atoms with E-state index in [4.69, 9.17) is 5.11 Å². The molecule has 13 heavy (non-hydrogen) atoms. The summed E-state index contributed by atoms with van der Waals surface area (Å²) in [6, 6.07) is 0.193. The van der Waals surface area contributed by atoms with Gasteiger partial charge in [-0.25, -0.2) is 0 Å². The van der Waals surface area contributed by atoms with E-state index in [-0.39, 0.29) is 6.04 Å². The van der Waals surface area contributed by atoms with Crippen LogP contribution in [-0.4, -0.2) is 35.6 Å². The topological polar surface area (TPSA) is 40.5 Å². The fourth-order valence-corrected chi connectivity index (χ4v) is 2.13. The molecule has 1 heterocycles. The Bertz CT molecular complexity index is 201. The SMILES string of the molecule is CN1CCCC[C@H]1C(C)(C)C(=O)O. The van der Waals surface area contributed by atoms with Crippen LogP contribution >= 0.6 is 0 Å². The minimum Gasteiger partial charge on any atom is -0.481 e. The van der Waals surface area contributed by atoms with Gasteiger partial charge in [-0.2, -0.15) is 0 Å². The lowest BCUT2D eigenvalue weighted by atomic mass is 9.79. The van der Waals surface area contributed by atoms with Crippen molar-refractivity contribution in [1.29, 1.82) is 0 Å². The fraction of sp³-hybridized carbons (Fsp3) is 0.900. The highest BCUT2D eigenvalue weighted by atomic mass is 16.4. The first-order valence-corrected chi connectivity index (χ1v) is 4.90. The van der Waals surface area contributed by atoms with Gasteiger partial charge in [0.25, 0.3) is 0 Å². The molecule has 3 heteroatoms. The molecule has 0 aromatic carbocycles. The first kappa shape index (κ1) is 10.5. The maximum Gasteiger partial charge on any atom is 0.310 e. The number of aliphatic carboxylic acids is 1. The maximum absolute atomic E-state index is 11.0. The Balaban J connectivity index is 2.73. The Morgan fingerprint density at radius 2 is 2.08 bits per heavy atom. The van der Waals surface area contributed by atoms with Crippen LogP contribution in [-0.2, 0) is 4.79 Å². The zero-order valence-corrected chi connectivity index (χ0v) is 8.71. The molecule has 1 N–H and O–H groups in total. The molecule has 0 saturated carbocycles. The molecule has 1 rings (SSSR count). The summed E-state index contributed by atoms with van der Waals surface area (Å²) in [5, 5.41) is 9.08. The molecule has 0 radical (unpaired) electrons. The van der Waals surface area contributed by atoms with E-state index in [1.807, 2.05) is 20.9 Å². The Labute approximate surface area is 79.7 Å². The van der Waals surface area contributed by atoms with E-state index < -0.39 is 11.4 Å². The fourth-order valence-electron chi connectivity index (χ4n) is 2.13. The highest BCUT2D eigenvalue weighted by Gasteiger charge is 2.39. The van der Waals surface area contributed by atoms with Gasteiger partial charge in [0.05, 0.1) is 5.41 Å². The lowest BCUT2D eigenvalue weighted by Gasteiger charge is -2.40. The van der Waals surface area contributed by atoms with Crippen LogP contribution in [0.15, 0.2) is 0 Å². The molecule has 0 aromatic rings. The molecule has 1 atom stereocenters. The minimum absolute atomic E-state index is 0.193. The number of hydrogen-bond donors (Lipinski definition) is 1. The number of carboxylic acid groups (broad SMARTS) is 1. The summed E-state index contributed by atoms with van der Waals surface area (Å²) in [6.07, 6.45) is 3.37. The Morgan fingerprint density at radius 1 is 1.46 bits per heavy atom. The number of piperidine rings is 1. The van der Waals surface area contributed by atoms with Crippen molar-refractivity contribution in [3.8, 4) is 0 Å². The average Bonchev–Trinajstić information content (AvgIpc) is 2.04. The van der Waals surface area contributed by atoms with E-state index in [9.17, 15) is 4.79 Å². The number of carboxylic acids is 1. The molecule has 1 saturated heterocycles. The Kier molecular flexibility index (Phi) is 2.96. The van der Waals surface area contributed by atoms with E-state index in [0.29, 0.717) is 0 Å². The zero-order chi connectivity index (χ0) is 10.1. The van der Waals surface area contributed by atoms with Gasteiger partial charge in [0.1, 0.15) is 0 Å². The summed E-state index contributed by atoms with van der Waals surface area (Å²) in [4.78, 5) is 13.2. The molecule has 3 nitrogen and oxygen atoms in total. The molecule has 0 aliphatic carbocycles. The van der Waals surface area contributed by atoms with Gasteiger partial charge in [-0.15, -0.1) is 0 Å². The van der Waals surface area contributed by atoms with Crippen molar-refractivity contribution in [3.63, 3.8) is 0 Å². The molecule has 0 amide bonds. The van der Waals surface area contributed by atoms with E-state index in [2.05, 4.69) is 4.90 Å². The largest absolute Gasteiger partial charge is 0.481 e. The summed E-state index contributed by atoms with van der Waals surface area (Å²) < 4.78 is 0. The first-order chi connectivity index (χ1) is 5.96. The summed E-state index contributed by atoms with van der Waals surface area (Å²) in [6.45, 7) is 4.67. The predicted molar refractivity (Wildman–Crippen MR) is 51.7 cm³/mol. The van der Waals surface area contributed by atoms with Crippen LogP contribution in [0.3, 0.4) is 0 Å². The van der Waals surface area contributed by atoms with E-state index in [1.165, 1.54) is 6.42 Å². The lowest BCUT2D eigenvalue weighted by molar-refractivity contribution is -0.151. The van der Waals surface area contributed by atoms with Gasteiger partial charge in [0.15, 0.2) is 0 Å². The van der Waals surface area contributed by atoms with Crippen LogP contribution in [0.2, 0.25) is 0 Å². The van der Waals surface area contributed by atoms with Crippen LogP contribution in [0.1, 0.15) is 33.1 Å². The predicted octanol–water partition coefficient (Wildman–Crippen LogP) is 1.58. The maximum atomic E-state index is 11.0. The average molecular weight is 185 g/mol. The van der Waals surface area contributed by atoms with Gasteiger partial charge in [-0.3, -0.25) is 4.79 Å². The van der Waals surface area contributed by atoms with Crippen molar-refractivity contribution in [2.45, 2.75) is 39.2 Å². The standard InChI is InChI=1S/C10H19NO2/c1-10(2,9(12)13)8-6-4-5-7-11(8)3/h8H,4-7H2,1-3H3,(H,12,13)/t8-/m0/s1. The number of hydrogen-bond acceptors (Lipinski definition) is 2. The first-order valence-electron chi connectivity index (χ1n) is 4.90. The molecule has 0 spiro atoms. The van der Waals surface area contributed by atoms with Crippen molar-refractivity contribution < 1.29 is 9.90 Å². The van der Waals surface area contributed by atoms with Gasteiger partial charge in [0.2, 0.25) is 0 Å². The van der Waals surface area contributed by atoms with Gasteiger partial charge in [-0.1, -0.05) is 6.42 Å². The van der Waals surface area contributed by atoms with Crippen LogP contribution in [0.25, 0.3) is 0 Å². The van der Waals surface area contributed by atoms with Crippen LogP contribution in [0.4, 0.5) is 0 Å².